The smallest absolute Gasteiger partial charge is 0.335 e. The number of carbonyl (C=O) groups excluding carboxylic acids is 1. The standard InChI is InChI=1S/C33H35F2N7O4/c1-20(2)41-17-26(32(44)42(33(41)45)24-7-4-22(34)5-8-24)30(43)38-23-6-9-29(27(35)14-23)46-31-25-16-40(18-28(25)36-19-37-31)15-21-10-12-39(3)13-11-21/h4-9,14,17,19-21H,10-13,15-16,18H2,1-3H3,(H,38,43). The molecule has 2 aromatic heterocycles. The zero-order valence-corrected chi connectivity index (χ0v) is 25.9. The van der Waals surface area contributed by atoms with E-state index in [9.17, 15) is 18.8 Å². The van der Waals surface area contributed by atoms with Crippen molar-refractivity contribution in [2.45, 2.75) is 45.8 Å². The summed E-state index contributed by atoms with van der Waals surface area (Å²) in [5.41, 5.74) is -0.0668. The van der Waals surface area contributed by atoms with Gasteiger partial charge in [-0.3, -0.25) is 19.1 Å². The molecule has 0 aliphatic carbocycles. The Labute approximate surface area is 264 Å². The third-order valence-corrected chi connectivity index (χ3v) is 8.50. The number of piperidine rings is 1. The van der Waals surface area contributed by atoms with Crippen molar-refractivity contribution in [3.05, 3.63) is 104 Å². The molecule has 0 unspecified atom stereocenters. The van der Waals surface area contributed by atoms with Gasteiger partial charge in [0.2, 0.25) is 5.88 Å². The van der Waals surface area contributed by atoms with Gasteiger partial charge in [0.25, 0.3) is 11.5 Å². The lowest BCUT2D eigenvalue weighted by Gasteiger charge is -2.31. The average molecular weight is 632 g/mol. The fraction of sp³-hybridized carbons (Fsp3) is 0.364. The topological polar surface area (TPSA) is 115 Å². The lowest BCUT2D eigenvalue weighted by Crippen LogP contribution is -2.42. The van der Waals surface area contributed by atoms with Gasteiger partial charge in [0, 0.05) is 43.6 Å². The summed E-state index contributed by atoms with van der Waals surface area (Å²) >= 11 is 0. The largest absolute Gasteiger partial charge is 0.435 e. The molecule has 240 valence electrons. The van der Waals surface area contributed by atoms with Crippen molar-refractivity contribution in [1.29, 1.82) is 0 Å². The van der Waals surface area contributed by atoms with Crippen LogP contribution in [0.1, 0.15) is 54.3 Å². The Morgan fingerprint density at radius 1 is 1.04 bits per heavy atom. The Kier molecular flexibility index (Phi) is 8.78. The maximum Gasteiger partial charge on any atom is 0.335 e. The number of ether oxygens (including phenoxy) is 1. The summed E-state index contributed by atoms with van der Waals surface area (Å²) < 4.78 is 36.8. The molecule has 4 aromatic rings. The summed E-state index contributed by atoms with van der Waals surface area (Å²) in [5.74, 6) is -1.33. The second-order valence-electron chi connectivity index (χ2n) is 12.2. The zero-order valence-electron chi connectivity index (χ0n) is 25.9. The second-order valence-corrected chi connectivity index (χ2v) is 12.2. The van der Waals surface area contributed by atoms with Gasteiger partial charge in [-0.05, 0) is 89.1 Å². The van der Waals surface area contributed by atoms with Gasteiger partial charge < -0.3 is 15.0 Å². The number of likely N-dealkylation sites (tertiary alicyclic amines) is 1. The van der Waals surface area contributed by atoms with Gasteiger partial charge in [-0.1, -0.05) is 0 Å². The number of hydrogen-bond acceptors (Lipinski definition) is 8. The number of nitrogens with one attached hydrogen (secondary N) is 1. The predicted molar refractivity (Wildman–Crippen MR) is 167 cm³/mol. The first-order chi connectivity index (χ1) is 22.1. The number of carbonyl (C=O) groups is 1. The number of amides is 1. The van der Waals surface area contributed by atoms with E-state index in [0.29, 0.717) is 19.0 Å². The first-order valence-electron chi connectivity index (χ1n) is 15.2. The number of anilines is 1. The minimum absolute atomic E-state index is 0.0714. The summed E-state index contributed by atoms with van der Waals surface area (Å²) in [6.45, 7) is 7.87. The summed E-state index contributed by atoms with van der Waals surface area (Å²) in [4.78, 5) is 53.1. The molecule has 0 atom stereocenters. The van der Waals surface area contributed by atoms with Crippen molar-refractivity contribution in [3.8, 4) is 17.3 Å². The summed E-state index contributed by atoms with van der Waals surface area (Å²) in [6.07, 6.45) is 4.89. The number of aromatic nitrogens is 4. The van der Waals surface area contributed by atoms with E-state index in [-0.39, 0.29) is 28.6 Å². The van der Waals surface area contributed by atoms with E-state index in [0.717, 1.165) is 66.5 Å². The van der Waals surface area contributed by atoms with E-state index >= 15 is 4.39 Å². The summed E-state index contributed by atoms with van der Waals surface area (Å²) in [7, 11) is 2.14. The van der Waals surface area contributed by atoms with Gasteiger partial charge >= 0.3 is 5.69 Å². The molecule has 0 spiro atoms. The van der Waals surface area contributed by atoms with Gasteiger partial charge in [-0.25, -0.2) is 28.1 Å². The van der Waals surface area contributed by atoms with Crippen molar-refractivity contribution in [2.24, 2.45) is 5.92 Å². The highest BCUT2D eigenvalue weighted by Gasteiger charge is 2.28. The molecule has 2 aliphatic heterocycles. The molecule has 46 heavy (non-hydrogen) atoms. The highest BCUT2D eigenvalue weighted by Crippen LogP contribution is 2.33. The van der Waals surface area contributed by atoms with Crippen LogP contribution in [0, 0.1) is 17.6 Å². The van der Waals surface area contributed by atoms with Crippen LogP contribution in [0.3, 0.4) is 0 Å². The fourth-order valence-corrected chi connectivity index (χ4v) is 5.92. The Morgan fingerprint density at radius 2 is 1.78 bits per heavy atom. The number of nitrogens with zero attached hydrogens (tertiary/aromatic N) is 6. The molecule has 2 aliphatic rings. The number of halogens is 2. The van der Waals surface area contributed by atoms with Crippen molar-refractivity contribution >= 4 is 11.6 Å². The molecule has 1 saturated heterocycles. The molecule has 1 N–H and O–H groups in total. The van der Waals surface area contributed by atoms with Gasteiger partial charge in [0.15, 0.2) is 11.6 Å². The molecule has 0 bridgehead atoms. The Bertz CT molecular complexity index is 1880. The Hall–Kier alpha value is -4.75. The van der Waals surface area contributed by atoms with Crippen molar-refractivity contribution < 1.29 is 18.3 Å². The molecule has 0 saturated carbocycles. The van der Waals surface area contributed by atoms with Gasteiger partial charge in [0.05, 0.1) is 16.9 Å². The molecule has 0 radical (unpaired) electrons. The lowest BCUT2D eigenvalue weighted by molar-refractivity contribution is 0.102. The molecule has 6 rings (SSSR count). The van der Waals surface area contributed by atoms with Gasteiger partial charge in [-0.15, -0.1) is 0 Å². The number of fused-ring (bicyclic) bond motifs is 1. The molecule has 1 fully saturated rings. The first kappa shape index (κ1) is 31.2. The minimum atomic E-state index is -0.895. The normalized spacial score (nSPS) is 15.7. The number of rotatable bonds is 8. The first-order valence-corrected chi connectivity index (χ1v) is 15.2. The average Bonchev–Trinajstić information content (AvgIpc) is 3.44. The fourth-order valence-electron chi connectivity index (χ4n) is 5.92. The van der Waals surface area contributed by atoms with Crippen LogP contribution in [0.15, 0.2) is 64.6 Å². The van der Waals surface area contributed by atoms with Crippen LogP contribution < -0.4 is 21.3 Å². The van der Waals surface area contributed by atoms with Gasteiger partial charge in [0.1, 0.15) is 17.7 Å². The van der Waals surface area contributed by atoms with E-state index in [1.165, 1.54) is 41.4 Å². The Morgan fingerprint density at radius 3 is 2.48 bits per heavy atom. The quantitative estimate of drug-likeness (QED) is 0.306. The monoisotopic (exact) mass is 631 g/mol. The van der Waals surface area contributed by atoms with E-state index in [1.54, 1.807) is 13.8 Å². The molecular weight excluding hydrogens is 596 g/mol. The summed E-state index contributed by atoms with van der Waals surface area (Å²) in [6, 6.07) is 8.28. The molecule has 4 heterocycles. The van der Waals surface area contributed by atoms with Crippen molar-refractivity contribution in [3.63, 3.8) is 0 Å². The molecule has 11 nitrogen and oxygen atoms in total. The lowest BCUT2D eigenvalue weighted by atomic mass is 9.97. The van der Waals surface area contributed by atoms with Crippen LogP contribution in [0.4, 0.5) is 14.5 Å². The van der Waals surface area contributed by atoms with Crippen molar-refractivity contribution in [2.75, 3.05) is 32.0 Å². The predicted octanol–water partition coefficient (Wildman–Crippen LogP) is 4.35. The van der Waals surface area contributed by atoms with Crippen LogP contribution in [0.25, 0.3) is 5.69 Å². The third-order valence-electron chi connectivity index (χ3n) is 8.50. The van der Waals surface area contributed by atoms with Gasteiger partial charge in [-0.2, -0.15) is 0 Å². The van der Waals surface area contributed by atoms with Crippen LogP contribution >= 0.6 is 0 Å². The zero-order chi connectivity index (χ0) is 32.5. The van der Waals surface area contributed by atoms with E-state index in [2.05, 4.69) is 32.1 Å². The molecule has 13 heteroatoms. The van der Waals surface area contributed by atoms with Crippen LogP contribution in [-0.2, 0) is 13.1 Å². The Balaban J connectivity index is 1.19. The van der Waals surface area contributed by atoms with E-state index < -0.39 is 34.8 Å². The molecule has 1 amide bonds. The highest BCUT2D eigenvalue weighted by molar-refractivity contribution is 6.03. The van der Waals surface area contributed by atoms with Crippen LogP contribution in [0.5, 0.6) is 11.6 Å². The minimum Gasteiger partial charge on any atom is -0.435 e. The maximum atomic E-state index is 15.3. The highest BCUT2D eigenvalue weighted by atomic mass is 19.1. The second kappa shape index (κ2) is 12.9. The number of hydrogen-bond donors (Lipinski definition) is 1. The van der Waals surface area contributed by atoms with E-state index in [1.807, 2.05) is 0 Å². The van der Waals surface area contributed by atoms with E-state index in [4.69, 9.17) is 4.74 Å². The van der Waals surface area contributed by atoms with Crippen LogP contribution in [-0.4, -0.2) is 61.5 Å². The third kappa shape index (κ3) is 6.46. The van der Waals surface area contributed by atoms with Crippen molar-refractivity contribution in [1.82, 2.24) is 28.9 Å². The molecular formula is C33H35F2N7O4. The summed E-state index contributed by atoms with van der Waals surface area (Å²) in [5, 5.41) is 2.53. The van der Waals surface area contributed by atoms with Crippen LogP contribution in [0.2, 0.25) is 0 Å². The number of benzene rings is 2. The SMILES string of the molecule is CC(C)n1cc(C(=O)Nc2ccc(Oc3ncnc4c3CN(CC3CCN(C)CC3)C4)c(F)c2)c(=O)n(-c2ccc(F)cc2)c1=O. The molecule has 2 aromatic carbocycles. The maximum absolute atomic E-state index is 15.3.